The summed E-state index contributed by atoms with van der Waals surface area (Å²) in [5.41, 5.74) is 2.50. The van der Waals surface area contributed by atoms with E-state index >= 15 is 0 Å². The van der Waals surface area contributed by atoms with Crippen LogP contribution in [0.1, 0.15) is 26.7 Å². The van der Waals surface area contributed by atoms with Gasteiger partial charge in [0.25, 0.3) is 0 Å². The summed E-state index contributed by atoms with van der Waals surface area (Å²) >= 11 is 0. The highest BCUT2D eigenvalue weighted by molar-refractivity contribution is 5.39. The van der Waals surface area contributed by atoms with E-state index in [0.29, 0.717) is 5.76 Å². The van der Waals surface area contributed by atoms with Gasteiger partial charge in [0, 0.05) is 0 Å². The van der Waals surface area contributed by atoms with Crippen molar-refractivity contribution in [2.24, 2.45) is 0 Å². The fourth-order valence-corrected chi connectivity index (χ4v) is 1.73. The van der Waals surface area contributed by atoms with E-state index in [1.165, 1.54) is 11.1 Å². The minimum Gasteiger partial charge on any atom is -0.509 e. The van der Waals surface area contributed by atoms with Gasteiger partial charge in [-0.3, -0.25) is 0 Å². The molecule has 1 rings (SSSR count). The second kappa shape index (κ2) is 11.4. The molecule has 0 heterocycles. The van der Waals surface area contributed by atoms with Crippen molar-refractivity contribution in [3.05, 3.63) is 71.3 Å². The third-order valence-electron chi connectivity index (χ3n) is 2.71. The highest BCUT2D eigenvalue weighted by atomic mass is 16.5. The van der Waals surface area contributed by atoms with Crippen LogP contribution >= 0.6 is 0 Å². The maximum absolute atomic E-state index is 9.29. The van der Waals surface area contributed by atoms with E-state index in [1.54, 1.807) is 20.1 Å². The summed E-state index contributed by atoms with van der Waals surface area (Å²) in [7, 11) is 1.55. The Morgan fingerprint density at radius 2 is 2.10 bits per heavy atom. The largest absolute Gasteiger partial charge is 0.509 e. The van der Waals surface area contributed by atoms with Crippen molar-refractivity contribution in [2.75, 3.05) is 7.11 Å². The van der Waals surface area contributed by atoms with Gasteiger partial charge in [0.2, 0.25) is 0 Å². The summed E-state index contributed by atoms with van der Waals surface area (Å²) in [6, 6.07) is 0. The Kier molecular flexibility index (Phi) is 10.1. The molecule has 0 spiro atoms. The number of aliphatic hydroxyl groups is 1. The van der Waals surface area contributed by atoms with Gasteiger partial charge in [-0.15, -0.1) is 12.8 Å². The van der Waals surface area contributed by atoms with E-state index in [4.69, 9.17) is 4.74 Å². The van der Waals surface area contributed by atoms with Crippen LogP contribution in [0.4, 0.5) is 0 Å². The topological polar surface area (TPSA) is 29.5 Å². The van der Waals surface area contributed by atoms with Gasteiger partial charge in [-0.1, -0.05) is 48.1 Å². The standard InChI is InChI=1S/C17H22O2.C2H2/c1-14-9-7-8-11-16(13-14)10-5-4-6-12-17(19-3)15(2)18;1-2/h5-6,8-13,18H,4,7H2,1-3H3;1-2H/b10-5+,12-6-,17-15-;. The zero-order valence-corrected chi connectivity index (χ0v) is 13.0. The first-order valence-electron chi connectivity index (χ1n) is 6.78. The highest BCUT2D eigenvalue weighted by Crippen LogP contribution is 2.12. The fourth-order valence-electron chi connectivity index (χ4n) is 1.73. The quantitative estimate of drug-likeness (QED) is 0.437. The molecule has 0 aromatic heterocycles. The molecule has 2 heteroatoms. The van der Waals surface area contributed by atoms with Gasteiger partial charge in [0.15, 0.2) is 5.76 Å². The van der Waals surface area contributed by atoms with Crippen LogP contribution in [0.15, 0.2) is 71.3 Å². The van der Waals surface area contributed by atoms with Crippen LogP contribution in [0.3, 0.4) is 0 Å². The SMILES string of the molecule is C#C.COC(/C=C\C/C=C/C1=CC(C)=CCC=C1)=C(/C)O. The van der Waals surface area contributed by atoms with E-state index in [-0.39, 0.29) is 5.76 Å². The normalized spacial score (nSPS) is 15.7. The van der Waals surface area contributed by atoms with Crippen molar-refractivity contribution in [3.8, 4) is 12.8 Å². The molecule has 0 aromatic rings. The molecule has 1 aliphatic carbocycles. The molecule has 0 aromatic carbocycles. The summed E-state index contributed by atoms with van der Waals surface area (Å²) in [4.78, 5) is 0. The molecule has 0 atom stereocenters. The first-order valence-corrected chi connectivity index (χ1v) is 6.78. The van der Waals surface area contributed by atoms with E-state index in [1.807, 2.05) is 6.08 Å². The van der Waals surface area contributed by atoms with Crippen LogP contribution < -0.4 is 0 Å². The fraction of sp³-hybridized carbons (Fsp3) is 0.263. The molecule has 21 heavy (non-hydrogen) atoms. The summed E-state index contributed by atoms with van der Waals surface area (Å²) in [6.07, 6.45) is 26.4. The molecule has 1 aliphatic rings. The molecule has 0 radical (unpaired) electrons. The Labute approximate surface area is 128 Å². The summed E-state index contributed by atoms with van der Waals surface area (Å²) < 4.78 is 5.03. The highest BCUT2D eigenvalue weighted by Gasteiger charge is 1.94. The molecule has 0 saturated carbocycles. The maximum atomic E-state index is 9.29. The van der Waals surface area contributed by atoms with Gasteiger partial charge in [0.05, 0.1) is 7.11 Å². The van der Waals surface area contributed by atoms with Crippen molar-refractivity contribution in [3.63, 3.8) is 0 Å². The predicted molar refractivity (Wildman–Crippen MR) is 90.7 cm³/mol. The molecule has 0 fully saturated rings. The van der Waals surface area contributed by atoms with Gasteiger partial charge in [-0.05, 0) is 38.3 Å². The Balaban J connectivity index is 0.00000191. The number of rotatable bonds is 5. The van der Waals surface area contributed by atoms with Gasteiger partial charge >= 0.3 is 0 Å². The molecule has 1 N–H and O–H groups in total. The first-order chi connectivity index (χ1) is 10.1. The van der Waals surface area contributed by atoms with Gasteiger partial charge in [0.1, 0.15) is 5.76 Å². The monoisotopic (exact) mass is 284 g/mol. The number of aliphatic hydroxyl groups excluding tert-OH is 1. The first kappa shape index (κ1) is 18.6. The van der Waals surface area contributed by atoms with E-state index < -0.39 is 0 Å². The number of hydrogen-bond donors (Lipinski definition) is 1. The van der Waals surface area contributed by atoms with Gasteiger partial charge < -0.3 is 9.84 Å². The Hall–Kier alpha value is -2.40. The molecule has 2 nitrogen and oxygen atoms in total. The van der Waals surface area contributed by atoms with Crippen molar-refractivity contribution in [2.45, 2.75) is 26.7 Å². The lowest BCUT2D eigenvalue weighted by Crippen LogP contribution is -1.86. The van der Waals surface area contributed by atoms with Crippen LogP contribution in [0.5, 0.6) is 0 Å². The lowest BCUT2D eigenvalue weighted by molar-refractivity contribution is 0.269. The number of ether oxygens (including phenoxy) is 1. The third kappa shape index (κ3) is 8.39. The molecule has 112 valence electrons. The van der Waals surface area contributed by atoms with Crippen molar-refractivity contribution >= 4 is 0 Å². The average molecular weight is 284 g/mol. The number of terminal acetylenes is 1. The minimum atomic E-state index is 0.193. The molecular weight excluding hydrogens is 260 g/mol. The maximum Gasteiger partial charge on any atom is 0.155 e. The summed E-state index contributed by atoms with van der Waals surface area (Å²) in [5, 5.41) is 9.29. The molecule has 0 bridgehead atoms. The smallest absolute Gasteiger partial charge is 0.155 e. The van der Waals surface area contributed by atoms with Gasteiger partial charge in [-0.2, -0.15) is 0 Å². The Morgan fingerprint density at radius 1 is 1.38 bits per heavy atom. The third-order valence-corrected chi connectivity index (χ3v) is 2.71. The van der Waals surface area contributed by atoms with Gasteiger partial charge in [-0.25, -0.2) is 0 Å². The Bertz CT molecular complexity index is 505. The predicted octanol–water partition coefficient (Wildman–Crippen LogP) is 5.01. The van der Waals surface area contributed by atoms with Crippen molar-refractivity contribution < 1.29 is 9.84 Å². The lowest BCUT2D eigenvalue weighted by atomic mass is 10.1. The number of hydrogen-bond acceptors (Lipinski definition) is 2. The minimum absolute atomic E-state index is 0.193. The summed E-state index contributed by atoms with van der Waals surface area (Å²) in [5.74, 6) is 0.693. The zero-order valence-electron chi connectivity index (χ0n) is 13.0. The Morgan fingerprint density at radius 3 is 2.71 bits per heavy atom. The van der Waals surface area contributed by atoms with E-state index in [0.717, 1.165) is 12.8 Å². The zero-order chi connectivity index (χ0) is 16.1. The molecule has 0 unspecified atom stereocenters. The van der Waals surface area contributed by atoms with Crippen molar-refractivity contribution in [1.29, 1.82) is 0 Å². The van der Waals surface area contributed by atoms with E-state index in [9.17, 15) is 5.11 Å². The molecule has 0 amide bonds. The molecule has 0 saturated heterocycles. The second-order valence-corrected chi connectivity index (χ2v) is 4.42. The summed E-state index contributed by atoms with van der Waals surface area (Å²) in [6.45, 7) is 3.72. The van der Waals surface area contributed by atoms with Crippen LogP contribution in [-0.2, 0) is 4.74 Å². The van der Waals surface area contributed by atoms with Crippen LogP contribution in [0.2, 0.25) is 0 Å². The molecule has 0 aliphatic heterocycles. The molecular formula is C19H24O2. The van der Waals surface area contributed by atoms with Crippen LogP contribution in [0.25, 0.3) is 0 Å². The lowest BCUT2D eigenvalue weighted by Gasteiger charge is -2.00. The van der Waals surface area contributed by atoms with Crippen molar-refractivity contribution in [1.82, 2.24) is 0 Å². The van der Waals surface area contributed by atoms with Crippen LogP contribution in [0, 0.1) is 12.8 Å². The van der Waals surface area contributed by atoms with Crippen LogP contribution in [-0.4, -0.2) is 12.2 Å². The number of methoxy groups -OCH3 is 1. The van der Waals surface area contributed by atoms with E-state index in [2.05, 4.69) is 56.2 Å². The number of allylic oxidation sites excluding steroid dienone is 11. The average Bonchev–Trinajstić information content (AvgIpc) is 2.69. The second-order valence-electron chi connectivity index (χ2n) is 4.42.